The lowest BCUT2D eigenvalue weighted by Crippen LogP contribution is -2.38. The molecule has 1 fully saturated rings. The number of pyridine rings is 1. The van der Waals surface area contributed by atoms with Crippen LogP contribution in [0.25, 0.3) is 0 Å². The number of amides is 2. The predicted octanol–water partition coefficient (Wildman–Crippen LogP) is 4.87. The van der Waals surface area contributed by atoms with Crippen LogP contribution in [-0.4, -0.2) is 29.9 Å². The minimum absolute atomic E-state index is 0.00281. The van der Waals surface area contributed by atoms with Crippen LogP contribution in [0, 0.1) is 11.8 Å². The van der Waals surface area contributed by atoms with Gasteiger partial charge in [-0.25, -0.2) is 4.98 Å². The molecule has 0 spiro atoms. The van der Waals surface area contributed by atoms with Gasteiger partial charge in [0.15, 0.2) is 0 Å². The number of ether oxygens (including phenoxy) is 1. The van der Waals surface area contributed by atoms with Crippen LogP contribution >= 0.6 is 11.6 Å². The number of benzene rings is 1. The Hall–Kier alpha value is -2.60. The molecule has 0 aliphatic heterocycles. The summed E-state index contributed by atoms with van der Waals surface area (Å²) < 4.78 is 5.44. The molecule has 1 saturated carbocycles. The summed E-state index contributed by atoms with van der Waals surface area (Å²) in [5.41, 5.74) is 1.02. The first-order chi connectivity index (χ1) is 14.9. The zero-order valence-corrected chi connectivity index (χ0v) is 19.0. The van der Waals surface area contributed by atoms with Crippen molar-refractivity contribution in [1.29, 1.82) is 0 Å². The summed E-state index contributed by atoms with van der Waals surface area (Å²) in [5.74, 6) is 1.86. The van der Waals surface area contributed by atoms with Gasteiger partial charge in [0.1, 0.15) is 11.6 Å². The van der Waals surface area contributed by atoms with E-state index in [1.165, 1.54) is 13.3 Å². The summed E-state index contributed by atoms with van der Waals surface area (Å²) in [6, 6.07) is 8.71. The summed E-state index contributed by atoms with van der Waals surface area (Å²) in [6.45, 7) is 4.52. The number of hydrogen-bond donors (Lipinski definition) is 2. The van der Waals surface area contributed by atoms with Gasteiger partial charge in [-0.05, 0) is 61.8 Å². The third-order valence-corrected chi connectivity index (χ3v) is 6.20. The normalized spacial score (nSPS) is 18.5. The maximum atomic E-state index is 13.1. The van der Waals surface area contributed by atoms with E-state index in [2.05, 4.69) is 29.5 Å². The first-order valence-electron chi connectivity index (χ1n) is 10.8. The molecule has 1 heterocycles. The van der Waals surface area contributed by atoms with E-state index < -0.39 is 0 Å². The number of aromatic nitrogens is 1. The molecule has 1 aromatic carbocycles. The number of halogens is 1. The zero-order chi connectivity index (χ0) is 22.4. The fraction of sp³-hybridized carbons (Fsp3) is 0.458. The largest absolute Gasteiger partial charge is 0.496 e. The summed E-state index contributed by atoms with van der Waals surface area (Å²) in [6.07, 6.45) is 5.69. The Labute approximate surface area is 188 Å². The maximum Gasteiger partial charge on any atom is 0.251 e. The van der Waals surface area contributed by atoms with E-state index in [1.54, 1.807) is 30.3 Å². The molecular formula is C24H30ClN3O3. The number of rotatable bonds is 7. The van der Waals surface area contributed by atoms with Gasteiger partial charge in [0.2, 0.25) is 5.91 Å². The van der Waals surface area contributed by atoms with Crippen LogP contribution in [0.4, 0.5) is 5.82 Å². The van der Waals surface area contributed by atoms with Crippen LogP contribution in [-0.2, 0) is 11.2 Å². The third-order valence-electron chi connectivity index (χ3n) is 5.98. The van der Waals surface area contributed by atoms with Crippen LogP contribution in [0.1, 0.15) is 55.5 Å². The van der Waals surface area contributed by atoms with Crippen molar-refractivity contribution in [2.75, 3.05) is 12.4 Å². The van der Waals surface area contributed by atoms with Crippen molar-refractivity contribution in [3.8, 4) is 5.75 Å². The topological polar surface area (TPSA) is 80.3 Å². The van der Waals surface area contributed by atoms with Crippen LogP contribution in [0.15, 0.2) is 36.5 Å². The van der Waals surface area contributed by atoms with Gasteiger partial charge in [0, 0.05) is 23.4 Å². The van der Waals surface area contributed by atoms with E-state index in [-0.39, 0.29) is 24.3 Å². The van der Waals surface area contributed by atoms with Crippen molar-refractivity contribution in [1.82, 2.24) is 10.3 Å². The van der Waals surface area contributed by atoms with Gasteiger partial charge in [0.05, 0.1) is 18.6 Å². The number of nitrogens with one attached hydrogen (secondary N) is 2. The monoisotopic (exact) mass is 443 g/mol. The second kappa shape index (κ2) is 10.6. The molecule has 1 aliphatic rings. The Balaban J connectivity index is 1.70. The Morgan fingerprint density at radius 1 is 1.16 bits per heavy atom. The van der Waals surface area contributed by atoms with Crippen molar-refractivity contribution in [3.63, 3.8) is 0 Å². The van der Waals surface area contributed by atoms with Gasteiger partial charge in [-0.15, -0.1) is 0 Å². The molecule has 2 N–H and O–H groups in total. The number of carbonyl (C=O) groups is 2. The van der Waals surface area contributed by atoms with Crippen LogP contribution < -0.4 is 15.4 Å². The maximum absolute atomic E-state index is 13.1. The third kappa shape index (κ3) is 6.20. The molecule has 7 heteroatoms. The van der Waals surface area contributed by atoms with Crippen molar-refractivity contribution in [3.05, 3.63) is 52.7 Å². The lowest BCUT2D eigenvalue weighted by Gasteiger charge is -2.31. The molecule has 6 nitrogen and oxygen atoms in total. The van der Waals surface area contributed by atoms with Crippen molar-refractivity contribution in [2.45, 2.75) is 52.0 Å². The van der Waals surface area contributed by atoms with Crippen molar-refractivity contribution in [2.24, 2.45) is 11.8 Å². The van der Waals surface area contributed by atoms with E-state index in [9.17, 15) is 9.59 Å². The molecule has 0 unspecified atom stereocenters. The standard InChI is InChI=1S/C24H30ClN3O3/c1-15(2)16-7-10-18(11-8-16)27-24(30)19-5-4-6-21(31-3)20(19)13-23(29)28-22-12-9-17(25)14-26-22/h4-6,9,12,14-16,18H,7-8,10-11,13H2,1-3H3,(H,27,30)(H,26,28,29). The zero-order valence-electron chi connectivity index (χ0n) is 18.3. The Bertz CT molecular complexity index is 907. The summed E-state index contributed by atoms with van der Waals surface area (Å²) in [5, 5.41) is 6.39. The van der Waals surface area contributed by atoms with Gasteiger partial charge in [-0.3, -0.25) is 9.59 Å². The smallest absolute Gasteiger partial charge is 0.251 e. The van der Waals surface area contributed by atoms with Gasteiger partial charge in [-0.2, -0.15) is 0 Å². The molecule has 3 rings (SSSR count). The van der Waals surface area contributed by atoms with E-state index >= 15 is 0 Å². The minimum Gasteiger partial charge on any atom is -0.496 e. The van der Waals surface area contributed by atoms with Gasteiger partial charge in [-0.1, -0.05) is 31.5 Å². The van der Waals surface area contributed by atoms with E-state index in [0.29, 0.717) is 33.6 Å². The van der Waals surface area contributed by atoms with E-state index in [4.69, 9.17) is 16.3 Å². The van der Waals surface area contributed by atoms with E-state index in [1.807, 2.05) is 0 Å². The highest BCUT2D eigenvalue weighted by molar-refractivity contribution is 6.30. The molecule has 0 saturated heterocycles. The fourth-order valence-corrected chi connectivity index (χ4v) is 4.25. The molecule has 2 aromatic rings. The highest BCUT2D eigenvalue weighted by atomic mass is 35.5. The molecule has 1 aliphatic carbocycles. The SMILES string of the molecule is COc1cccc(C(=O)NC2CCC(C(C)C)CC2)c1CC(=O)Nc1ccc(Cl)cn1. The summed E-state index contributed by atoms with van der Waals surface area (Å²) in [4.78, 5) is 29.8. The molecule has 2 amide bonds. The number of nitrogens with zero attached hydrogens (tertiary/aromatic N) is 1. The van der Waals surface area contributed by atoms with Crippen LogP contribution in [0.3, 0.4) is 0 Å². The lowest BCUT2D eigenvalue weighted by atomic mass is 9.79. The quantitative estimate of drug-likeness (QED) is 0.639. The number of anilines is 1. The predicted molar refractivity (Wildman–Crippen MR) is 123 cm³/mol. The fourth-order valence-electron chi connectivity index (χ4n) is 4.14. The molecule has 1 aromatic heterocycles. The number of carbonyl (C=O) groups excluding carboxylic acids is 2. The molecule has 0 atom stereocenters. The van der Waals surface area contributed by atoms with Crippen LogP contribution in [0.5, 0.6) is 5.75 Å². The molecule has 0 bridgehead atoms. The first-order valence-corrected chi connectivity index (χ1v) is 11.1. The second-order valence-electron chi connectivity index (χ2n) is 8.40. The average molecular weight is 444 g/mol. The van der Waals surface area contributed by atoms with Crippen molar-refractivity contribution >= 4 is 29.2 Å². The number of methoxy groups -OCH3 is 1. The average Bonchev–Trinajstić information content (AvgIpc) is 2.75. The minimum atomic E-state index is -0.286. The second-order valence-corrected chi connectivity index (χ2v) is 8.84. The van der Waals surface area contributed by atoms with E-state index in [0.717, 1.165) is 31.6 Å². The lowest BCUT2D eigenvalue weighted by molar-refractivity contribution is -0.115. The first kappa shape index (κ1) is 23.1. The highest BCUT2D eigenvalue weighted by Gasteiger charge is 2.26. The molecule has 31 heavy (non-hydrogen) atoms. The number of hydrogen-bond acceptors (Lipinski definition) is 4. The summed E-state index contributed by atoms with van der Waals surface area (Å²) in [7, 11) is 1.53. The Morgan fingerprint density at radius 2 is 1.90 bits per heavy atom. The Kier molecular flexibility index (Phi) is 7.91. The molecular weight excluding hydrogens is 414 g/mol. The highest BCUT2D eigenvalue weighted by Crippen LogP contribution is 2.30. The van der Waals surface area contributed by atoms with Crippen molar-refractivity contribution < 1.29 is 14.3 Å². The molecule has 0 radical (unpaired) electrons. The van der Waals surface area contributed by atoms with Crippen LogP contribution in [0.2, 0.25) is 5.02 Å². The summed E-state index contributed by atoms with van der Waals surface area (Å²) >= 11 is 5.84. The van der Waals surface area contributed by atoms with Gasteiger partial charge < -0.3 is 15.4 Å². The Morgan fingerprint density at radius 3 is 2.52 bits per heavy atom. The van der Waals surface area contributed by atoms with Gasteiger partial charge >= 0.3 is 0 Å². The molecule has 166 valence electrons. The van der Waals surface area contributed by atoms with Gasteiger partial charge in [0.25, 0.3) is 5.91 Å².